The summed E-state index contributed by atoms with van der Waals surface area (Å²) < 4.78 is 0. The number of carbonyl (C=O) groups excluding carboxylic acids is 2. The van der Waals surface area contributed by atoms with E-state index < -0.39 is 5.54 Å². The molecular weight excluding hydrogens is 352 g/mol. The molecule has 0 unspecified atom stereocenters. The summed E-state index contributed by atoms with van der Waals surface area (Å²) in [4.78, 5) is 37.0. The number of aryl methyl sites for hydroxylation is 2. The number of thiazole rings is 1. The van der Waals surface area contributed by atoms with Crippen molar-refractivity contribution in [1.82, 2.24) is 14.8 Å². The number of rotatable bonds is 5. The molecule has 1 aromatic heterocycles. The van der Waals surface area contributed by atoms with Crippen LogP contribution < -0.4 is 4.90 Å². The largest absolute Gasteiger partial charge is 0.395 e. The summed E-state index contributed by atoms with van der Waals surface area (Å²) in [6.45, 7) is 10.0. The number of urea groups is 1. The second kappa shape index (κ2) is 7.15. The Hall–Kier alpha value is -1.67. The van der Waals surface area contributed by atoms with Gasteiger partial charge >= 0.3 is 6.03 Å². The maximum atomic E-state index is 13.1. The molecule has 0 saturated carbocycles. The summed E-state index contributed by atoms with van der Waals surface area (Å²) in [6.07, 6.45) is 1.20. The number of nitrogens with zero attached hydrogens (tertiary/aromatic N) is 4. The van der Waals surface area contributed by atoms with E-state index in [0.29, 0.717) is 32.5 Å². The highest BCUT2D eigenvalue weighted by Crippen LogP contribution is 2.39. The van der Waals surface area contributed by atoms with Crippen LogP contribution in [0.1, 0.15) is 37.3 Å². The van der Waals surface area contributed by atoms with Crippen molar-refractivity contribution in [2.24, 2.45) is 5.92 Å². The maximum absolute atomic E-state index is 13.1. The van der Waals surface area contributed by atoms with Crippen LogP contribution in [0.15, 0.2) is 0 Å². The number of aliphatic hydroxyl groups is 1. The average Bonchev–Trinajstić information content (AvgIpc) is 3.02. The molecule has 0 aliphatic carbocycles. The molecule has 1 N–H and O–H groups in total. The molecule has 7 nitrogen and oxygen atoms in total. The number of anilines is 1. The maximum Gasteiger partial charge on any atom is 0.327 e. The lowest BCUT2D eigenvalue weighted by atomic mass is 9.85. The number of hydrogen-bond acceptors (Lipinski definition) is 6. The highest BCUT2D eigenvalue weighted by atomic mass is 32.1. The zero-order valence-electron chi connectivity index (χ0n) is 16.0. The lowest BCUT2D eigenvalue weighted by molar-refractivity contribution is -0.134. The van der Waals surface area contributed by atoms with Crippen molar-refractivity contribution >= 4 is 28.4 Å². The van der Waals surface area contributed by atoms with Gasteiger partial charge in [0.05, 0.1) is 18.8 Å². The van der Waals surface area contributed by atoms with Crippen LogP contribution in [0.3, 0.4) is 0 Å². The minimum Gasteiger partial charge on any atom is -0.395 e. The standard InChI is InChI=1S/C18H28N4O3S/c1-12(2)11-22-17(25)21(9-10-23)15(24)18(22)5-7-20(8-6-18)16-19-13(3)14(4)26-16/h12,23H,5-11H2,1-4H3. The van der Waals surface area contributed by atoms with Gasteiger partial charge in [-0.3, -0.25) is 9.69 Å². The predicted octanol–water partition coefficient (Wildman–Crippen LogP) is 2.01. The van der Waals surface area contributed by atoms with Gasteiger partial charge in [-0.1, -0.05) is 13.8 Å². The summed E-state index contributed by atoms with van der Waals surface area (Å²) in [5.41, 5.74) is 0.280. The smallest absolute Gasteiger partial charge is 0.327 e. The molecule has 0 bridgehead atoms. The summed E-state index contributed by atoms with van der Waals surface area (Å²) >= 11 is 1.68. The van der Waals surface area contributed by atoms with E-state index in [2.05, 4.69) is 30.7 Å². The first-order valence-electron chi connectivity index (χ1n) is 9.23. The number of β-amino-alcohol motifs (C(OH)–C–C–N with tert-alkyl or cyclic N) is 1. The van der Waals surface area contributed by atoms with E-state index in [0.717, 1.165) is 10.8 Å². The number of aromatic nitrogens is 1. The Morgan fingerprint density at radius 2 is 1.88 bits per heavy atom. The second-order valence-electron chi connectivity index (χ2n) is 7.62. The minimum absolute atomic E-state index is 0.0720. The fourth-order valence-corrected chi connectivity index (χ4v) is 4.80. The highest BCUT2D eigenvalue weighted by molar-refractivity contribution is 7.15. The van der Waals surface area contributed by atoms with Crippen molar-refractivity contribution in [3.63, 3.8) is 0 Å². The van der Waals surface area contributed by atoms with E-state index in [1.807, 2.05) is 6.92 Å². The van der Waals surface area contributed by atoms with Crippen molar-refractivity contribution < 1.29 is 14.7 Å². The monoisotopic (exact) mass is 380 g/mol. The van der Waals surface area contributed by atoms with Crippen LogP contribution >= 0.6 is 11.3 Å². The quantitative estimate of drug-likeness (QED) is 0.791. The lowest BCUT2D eigenvalue weighted by Gasteiger charge is -2.42. The highest BCUT2D eigenvalue weighted by Gasteiger charge is 2.57. The summed E-state index contributed by atoms with van der Waals surface area (Å²) in [5.74, 6) is 0.128. The van der Waals surface area contributed by atoms with E-state index in [1.54, 1.807) is 16.2 Å². The average molecular weight is 381 g/mol. The van der Waals surface area contributed by atoms with Crippen LogP contribution in [-0.4, -0.2) is 70.2 Å². The Kier molecular flexibility index (Phi) is 5.25. The molecule has 2 fully saturated rings. The molecule has 0 aromatic carbocycles. The third kappa shape index (κ3) is 3.09. The van der Waals surface area contributed by atoms with Gasteiger partial charge in [-0.15, -0.1) is 11.3 Å². The molecule has 26 heavy (non-hydrogen) atoms. The fourth-order valence-electron chi connectivity index (χ4n) is 3.84. The lowest BCUT2D eigenvalue weighted by Crippen LogP contribution is -2.57. The number of carbonyl (C=O) groups is 2. The summed E-state index contributed by atoms with van der Waals surface area (Å²) in [5, 5.41) is 10.3. The third-order valence-corrected chi connectivity index (χ3v) is 6.51. The van der Waals surface area contributed by atoms with Gasteiger partial charge in [0.2, 0.25) is 0 Å². The molecule has 1 aromatic rings. The Bertz CT molecular complexity index is 675. The number of imide groups is 1. The molecule has 3 rings (SSSR count). The van der Waals surface area contributed by atoms with Crippen LogP contribution in [-0.2, 0) is 4.79 Å². The van der Waals surface area contributed by atoms with Gasteiger partial charge in [-0.25, -0.2) is 9.78 Å². The molecule has 0 atom stereocenters. The summed E-state index contributed by atoms with van der Waals surface area (Å²) in [6, 6.07) is -0.257. The number of piperidine rings is 1. The third-order valence-electron chi connectivity index (χ3n) is 5.37. The molecule has 2 aliphatic heterocycles. The first-order valence-corrected chi connectivity index (χ1v) is 10.0. The van der Waals surface area contributed by atoms with Crippen LogP contribution in [0.4, 0.5) is 9.93 Å². The minimum atomic E-state index is -0.769. The van der Waals surface area contributed by atoms with E-state index >= 15 is 0 Å². The van der Waals surface area contributed by atoms with Crippen molar-refractivity contribution in [2.45, 2.75) is 46.1 Å². The predicted molar refractivity (Wildman–Crippen MR) is 102 cm³/mol. The number of hydrogen-bond donors (Lipinski definition) is 1. The van der Waals surface area contributed by atoms with Gasteiger partial charge in [0, 0.05) is 24.5 Å². The molecule has 2 aliphatic rings. The molecule has 2 saturated heterocycles. The molecule has 8 heteroatoms. The van der Waals surface area contributed by atoms with E-state index in [4.69, 9.17) is 0 Å². The van der Waals surface area contributed by atoms with Crippen molar-refractivity contribution in [3.05, 3.63) is 10.6 Å². The van der Waals surface area contributed by atoms with Crippen LogP contribution in [0.25, 0.3) is 0 Å². The second-order valence-corrected chi connectivity index (χ2v) is 8.81. The molecular formula is C18H28N4O3S. The topological polar surface area (TPSA) is 77.0 Å². The van der Waals surface area contributed by atoms with Crippen LogP contribution in [0.5, 0.6) is 0 Å². The SMILES string of the molecule is Cc1nc(N2CCC3(CC2)C(=O)N(CCO)C(=O)N3CC(C)C)sc1C. The van der Waals surface area contributed by atoms with Gasteiger partial charge in [0.15, 0.2) is 5.13 Å². The Morgan fingerprint density at radius 1 is 1.23 bits per heavy atom. The van der Waals surface area contributed by atoms with Crippen molar-refractivity contribution in [2.75, 3.05) is 37.7 Å². The molecule has 3 heterocycles. The summed E-state index contributed by atoms with van der Waals surface area (Å²) in [7, 11) is 0. The zero-order chi connectivity index (χ0) is 19.1. The van der Waals surface area contributed by atoms with Crippen LogP contribution in [0, 0.1) is 19.8 Å². The van der Waals surface area contributed by atoms with Gasteiger partial charge in [0.25, 0.3) is 5.91 Å². The Labute approximate surface area is 158 Å². The van der Waals surface area contributed by atoms with E-state index in [1.165, 1.54) is 9.78 Å². The fraction of sp³-hybridized carbons (Fsp3) is 0.722. The molecule has 144 valence electrons. The van der Waals surface area contributed by atoms with E-state index in [9.17, 15) is 14.7 Å². The molecule has 3 amide bonds. The van der Waals surface area contributed by atoms with Crippen molar-refractivity contribution in [1.29, 1.82) is 0 Å². The molecule has 0 radical (unpaired) electrons. The van der Waals surface area contributed by atoms with Gasteiger partial charge in [-0.05, 0) is 32.6 Å². The van der Waals surface area contributed by atoms with Gasteiger partial charge < -0.3 is 14.9 Å². The van der Waals surface area contributed by atoms with Gasteiger partial charge in [0.1, 0.15) is 5.54 Å². The number of aliphatic hydroxyl groups excluding tert-OH is 1. The molecule has 1 spiro atoms. The zero-order valence-corrected chi connectivity index (χ0v) is 16.8. The Balaban J connectivity index is 1.83. The van der Waals surface area contributed by atoms with Crippen LogP contribution in [0.2, 0.25) is 0 Å². The normalized spacial score (nSPS) is 20.2. The van der Waals surface area contributed by atoms with Gasteiger partial charge in [-0.2, -0.15) is 0 Å². The first kappa shape index (κ1) is 19.1. The van der Waals surface area contributed by atoms with E-state index in [-0.39, 0.29) is 31.0 Å². The first-order chi connectivity index (χ1) is 12.3. The number of amides is 3. The Morgan fingerprint density at radius 3 is 2.38 bits per heavy atom. The van der Waals surface area contributed by atoms with Crippen molar-refractivity contribution in [3.8, 4) is 0 Å².